The minimum absolute atomic E-state index is 0.0860. The lowest BCUT2D eigenvalue weighted by Crippen LogP contribution is -2.49. The van der Waals surface area contributed by atoms with Crippen molar-refractivity contribution in [1.82, 2.24) is 19.6 Å². The Morgan fingerprint density at radius 3 is 2.29 bits per heavy atom. The van der Waals surface area contributed by atoms with Crippen LogP contribution in [0.2, 0.25) is 0 Å². The Labute approximate surface area is 185 Å². The Balaban J connectivity index is 1.67. The average molecular weight is 427 g/mol. The van der Waals surface area contributed by atoms with E-state index in [-0.39, 0.29) is 11.9 Å². The lowest BCUT2D eigenvalue weighted by molar-refractivity contribution is -0.140. The predicted octanol–water partition coefficient (Wildman–Crippen LogP) is 3.01. The van der Waals surface area contributed by atoms with Crippen LogP contribution in [0.15, 0.2) is 24.3 Å². The maximum Gasteiger partial charge on any atom is 0.305 e. The molecule has 0 N–H and O–H groups in total. The van der Waals surface area contributed by atoms with Gasteiger partial charge < -0.3 is 9.64 Å². The number of rotatable bonds is 7. The monoisotopic (exact) mass is 426 g/mol. The van der Waals surface area contributed by atoms with Crippen LogP contribution in [-0.4, -0.2) is 71.3 Å². The number of benzene rings is 1. The van der Waals surface area contributed by atoms with Gasteiger partial charge in [0, 0.05) is 50.4 Å². The highest BCUT2D eigenvalue weighted by atomic mass is 16.5. The van der Waals surface area contributed by atoms with E-state index in [4.69, 9.17) is 4.74 Å². The fraction of sp³-hybridized carbons (Fsp3) is 0.542. The molecule has 0 spiro atoms. The van der Waals surface area contributed by atoms with Crippen molar-refractivity contribution >= 4 is 11.9 Å². The van der Waals surface area contributed by atoms with Gasteiger partial charge in [0.1, 0.15) is 0 Å². The summed E-state index contributed by atoms with van der Waals surface area (Å²) in [7, 11) is 1.40. The van der Waals surface area contributed by atoms with Crippen LogP contribution in [0.5, 0.6) is 0 Å². The summed E-state index contributed by atoms with van der Waals surface area (Å²) >= 11 is 0. The van der Waals surface area contributed by atoms with Gasteiger partial charge in [0.05, 0.1) is 18.5 Å². The van der Waals surface area contributed by atoms with E-state index in [1.165, 1.54) is 7.11 Å². The number of aromatic nitrogens is 2. The SMILES string of the molecule is COC(=O)CCc1c(C)nn(-c2ccc(C(=O)N3CCN(CC(C)C)CC3)cc2)c1C. The Kier molecular flexibility index (Phi) is 7.49. The summed E-state index contributed by atoms with van der Waals surface area (Å²) in [6.45, 7) is 12.9. The lowest BCUT2D eigenvalue weighted by Gasteiger charge is -2.35. The van der Waals surface area contributed by atoms with Gasteiger partial charge in [0.2, 0.25) is 0 Å². The predicted molar refractivity (Wildman–Crippen MR) is 121 cm³/mol. The standard InChI is InChI=1S/C24H34N4O3/c1-17(2)16-26-12-14-27(15-13-26)24(30)20-6-8-21(9-7-20)28-19(4)22(18(3)25-28)10-11-23(29)31-5/h6-9,17H,10-16H2,1-5H3. The van der Waals surface area contributed by atoms with Crippen LogP contribution >= 0.6 is 0 Å². The van der Waals surface area contributed by atoms with Crippen LogP contribution in [0.1, 0.15) is 47.6 Å². The van der Waals surface area contributed by atoms with Crippen molar-refractivity contribution < 1.29 is 14.3 Å². The van der Waals surface area contributed by atoms with E-state index < -0.39 is 0 Å². The fourth-order valence-electron chi connectivity index (χ4n) is 4.20. The van der Waals surface area contributed by atoms with Crippen LogP contribution in [0.25, 0.3) is 5.69 Å². The van der Waals surface area contributed by atoms with Crippen molar-refractivity contribution in [3.63, 3.8) is 0 Å². The molecule has 168 valence electrons. The van der Waals surface area contributed by atoms with Crippen LogP contribution in [0, 0.1) is 19.8 Å². The molecule has 1 fully saturated rings. The summed E-state index contributed by atoms with van der Waals surface area (Å²) in [5, 5.41) is 4.64. The second-order valence-corrected chi connectivity index (χ2v) is 8.67. The van der Waals surface area contributed by atoms with E-state index >= 15 is 0 Å². The fourth-order valence-corrected chi connectivity index (χ4v) is 4.20. The number of ether oxygens (including phenoxy) is 1. The van der Waals surface area contributed by atoms with Gasteiger partial charge in [-0.05, 0) is 56.0 Å². The number of hydrogen-bond donors (Lipinski definition) is 0. The first kappa shape index (κ1) is 23.0. The molecule has 2 heterocycles. The summed E-state index contributed by atoms with van der Waals surface area (Å²) in [5.74, 6) is 0.507. The molecule has 1 saturated heterocycles. The number of amides is 1. The number of methoxy groups -OCH3 is 1. The summed E-state index contributed by atoms with van der Waals surface area (Å²) in [6.07, 6.45) is 0.936. The summed E-state index contributed by atoms with van der Waals surface area (Å²) in [6, 6.07) is 7.63. The highest BCUT2D eigenvalue weighted by Crippen LogP contribution is 2.20. The molecule has 0 radical (unpaired) electrons. The molecular weight excluding hydrogens is 392 g/mol. The Hall–Kier alpha value is -2.67. The zero-order chi connectivity index (χ0) is 22.5. The van der Waals surface area contributed by atoms with Crippen molar-refractivity contribution in [2.45, 2.75) is 40.5 Å². The van der Waals surface area contributed by atoms with Crippen molar-refractivity contribution in [3.8, 4) is 5.69 Å². The third-order valence-corrected chi connectivity index (χ3v) is 5.89. The number of piperazine rings is 1. The molecular formula is C24H34N4O3. The smallest absolute Gasteiger partial charge is 0.305 e. The molecule has 0 unspecified atom stereocenters. The molecule has 7 nitrogen and oxygen atoms in total. The quantitative estimate of drug-likeness (QED) is 0.637. The summed E-state index contributed by atoms with van der Waals surface area (Å²) < 4.78 is 6.62. The molecule has 1 amide bonds. The maximum absolute atomic E-state index is 12.9. The van der Waals surface area contributed by atoms with Crippen molar-refractivity contribution in [2.75, 3.05) is 39.8 Å². The molecule has 0 aliphatic carbocycles. The third-order valence-electron chi connectivity index (χ3n) is 5.89. The first-order valence-corrected chi connectivity index (χ1v) is 11.0. The van der Waals surface area contributed by atoms with Crippen molar-refractivity contribution in [3.05, 3.63) is 46.8 Å². The van der Waals surface area contributed by atoms with Crippen LogP contribution in [-0.2, 0) is 16.0 Å². The van der Waals surface area contributed by atoms with Crippen molar-refractivity contribution in [2.24, 2.45) is 5.92 Å². The molecule has 0 atom stereocenters. The normalized spacial score (nSPS) is 14.8. The lowest BCUT2D eigenvalue weighted by atomic mass is 10.1. The van der Waals surface area contributed by atoms with Gasteiger partial charge in [-0.3, -0.25) is 14.5 Å². The number of hydrogen-bond acceptors (Lipinski definition) is 5. The molecule has 31 heavy (non-hydrogen) atoms. The molecule has 1 aliphatic rings. The molecule has 7 heteroatoms. The number of aryl methyl sites for hydroxylation is 1. The minimum atomic E-state index is -0.223. The van der Waals surface area contributed by atoms with E-state index in [1.54, 1.807) is 0 Å². The van der Waals surface area contributed by atoms with Gasteiger partial charge in [-0.25, -0.2) is 4.68 Å². The number of nitrogens with zero attached hydrogens (tertiary/aromatic N) is 4. The second kappa shape index (κ2) is 10.1. The second-order valence-electron chi connectivity index (χ2n) is 8.67. The van der Waals surface area contributed by atoms with Gasteiger partial charge >= 0.3 is 5.97 Å². The Morgan fingerprint density at radius 2 is 1.71 bits per heavy atom. The topological polar surface area (TPSA) is 67.7 Å². The number of esters is 1. The summed E-state index contributed by atoms with van der Waals surface area (Å²) in [4.78, 5) is 28.8. The molecule has 3 rings (SSSR count). The highest BCUT2D eigenvalue weighted by Gasteiger charge is 2.22. The first-order chi connectivity index (χ1) is 14.8. The van der Waals surface area contributed by atoms with Crippen molar-refractivity contribution in [1.29, 1.82) is 0 Å². The molecule has 1 aromatic heterocycles. The molecule has 1 aromatic carbocycles. The van der Waals surface area contributed by atoms with Gasteiger partial charge in [0.15, 0.2) is 0 Å². The van der Waals surface area contributed by atoms with Gasteiger partial charge in [-0.2, -0.15) is 5.10 Å². The van der Waals surface area contributed by atoms with Crippen LogP contribution in [0.3, 0.4) is 0 Å². The Bertz CT molecular complexity index is 910. The van der Waals surface area contributed by atoms with Crippen LogP contribution in [0.4, 0.5) is 0 Å². The molecule has 0 saturated carbocycles. The van der Waals surface area contributed by atoms with E-state index in [2.05, 4.69) is 23.8 Å². The van der Waals surface area contributed by atoms with Gasteiger partial charge in [-0.15, -0.1) is 0 Å². The Morgan fingerprint density at radius 1 is 1.06 bits per heavy atom. The van der Waals surface area contributed by atoms with E-state index in [0.717, 1.165) is 55.4 Å². The molecule has 1 aliphatic heterocycles. The van der Waals surface area contributed by atoms with Crippen LogP contribution < -0.4 is 0 Å². The van der Waals surface area contributed by atoms with E-state index in [0.29, 0.717) is 24.3 Å². The zero-order valence-electron chi connectivity index (χ0n) is 19.4. The molecule has 2 aromatic rings. The summed E-state index contributed by atoms with van der Waals surface area (Å²) in [5.41, 5.74) is 4.57. The largest absolute Gasteiger partial charge is 0.469 e. The van der Waals surface area contributed by atoms with E-state index in [9.17, 15) is 9.59 Å². The van der Waals surface area contributed by atoms with Gasteiger partial charge in [-0.1, -0.05) is 13.8 Å². The number of carbonyl (C=O) groups is 2. The van der Waals surface area contributed by atoms with E-state index in [1.807, 2.05) is 47.7 Å². The number of carbonyl (C=O) groups excluding carboxylic acids is 2. The van der Waals surface area contributed by atoms with Gasteiger partial charge in [0.25, 0.3) is 5.91 Å². The zero-order valence-corrected chi connectivity index (χ0v) is 19.4. The highest BCUT2D eigenvalue weighted by molar-refractivity contribution is 5.94. The third kappa shape index (κ3) is 5.53. The first-order valence-electron chi connectivity index (χ1n) is 11.0. The molecule has 0 bridgehead atoms. The average Bonchev–Trinajstić information content (AvgIpc) is 3.05. The maximum atomic E-state index is 12.9. The minimum Gasteiger partial charge on any atom is -0.469 e.